The number of anilines is 2. The highest BCUT2D eigenvalue weighted by Gasteiger charge is 2.34. The van der Waals surface area contributed by atoms with E-state index >= 15 is 0 Å². The highest BCUT2D eigenvalue weighted by atomic mass is 32.1. The number of hydrogen-bond acceptors (Lipinski definition) is 7. The standard InChI is InChI=1S/C26H26F3N3O4S/c1-2-3-4-5-6-7-12-35-22-11-9-17(14-19(22)26(27,28)29)30-24-31-21(15-37-24)16-8-10-20-18(13-16)23(33)36-25(34)32-20/h8-11,13-15H,2-7,12H2,1H3,(H,30,31)(H,32,34). The topological polar surface area (TPSA) is 97.2 Å². The Balaban J connectivity index is 1.46. The second kappa shape index (κ2) is 11.6. The van der Waals surface area contributed by atoms with Crippen LogP contribution in [0.4, 0.5) is 24.0 Å². The number of thiazole rings is 1. The number of H-pyrrole nitrogens is 1. The molecular weight excluding hydrogens is 507 g/mol. The number of ether oxygens (including phenoxy) is 1. The van der Waals surface area contributed by atoms with E-state index in [0.717, 1.165) is 38.2 Å². The van der Waals surface area contributed by atoms with Gasteiger partial charge in [0, 0.05) is 16.6 Å². The van der Waals surface area contributed by atoms with Crippen molar-refractivity contribution in [2.45, 2.75) is 51.6 Å². The van der Waals surface area contributed by atoms with Gasteiger partial charge in [-0.2, -0.15) is 13.2 Å². The third-order valence-corrected chi connectivity index (χ3v) is 6.51. The first kappa shape index (κ1) is 26.5. The molecule has 2 heterocycles. The summed E-state index contributed by atoms with van der Waals surface area (Å²) in [6, 6.07) is 8.62. The molecule has 2 N–H and O–H groups in total. The SMILES string of the molecule is CCCCCCCCOc1ccc(Nc2nc(-c3ccc4[nH]c(=O)oc(=O)c4c3)cs2)cc1C(F)(F)F. The molecule has 4 aromatic rings. The maximum atomic E-state index is 13.7. The molecule has 0 amide bonds. The number of alkyl halides is 3. The van der Waals surface area contributed by atoms with Gasteiger partial charge in [0.25, 0.3) is 0 Å². The van der Waals surface area contributed by atoms with Gasteiger partial charge in [-0.25, -0.2) is 14.6 Å². The van der Waals surface area contributed by atoms with E-state index in [0.29, 0.717) is 28.3 Å². The van der Waals surface area contributed by atoms with E-state index in [1.165, 1.54) is 29.5 Å². The van der Waals surface area contributed by atoms with Crippen LogP contribution in [0.1, 0.15) is 51.0 Å². The molecule has 4 rings (SSSR count). The number of fused-ring (bicyclic) bond motifs is 1. The summed E-state index contributed by atoms with van der Waals surface area (Å²) in [5, 5.41) is 5.18. The quantitative estimate of drug-likeness (QED) is 0.200. The molecule has 0 saturated carbocycles. The Kier molecular flexibility index (Phi) is 8.32. The van der Waals surface area contributed by atoms with E-state index in [2.05, 4.69) is 26.6 Å². The fourth-order valence-electron chi connectivity index (χ4n) is 3.86. The van der Waals surface area contributed by atoms with Crippen molar-refractivity contribution in [2.75, 3.05) is 11.9 Å². The highest BCUT2D eigenvalue weighted by Crippen LogP contribution is 2.39. The van der Waals surface area contributed by atoms with Crippen LogP contribution >= 0.6 is 11.3 Å². The van der Waals surface area contributed by atoms with Gasteiger partial charge in [0.1, 0.15) is 5.75 Å². The number of hydrogen-bond donors (Lipinski definition) is 2. The summed E-state index contributed by atoms with van der Waals surface area (Å²) in [6.07, 6.45) is 1.53. The maximum Gasteiger partial charge on any atom is 0.420 e. The van der Waals surface area contributed by atoms with Crippen LogP contribution < -0.4 is 21.4 Å². The van der Waals surface area contributed by atoms with Crippen LogP contribution in [0.25, 0.3) is 22.2 Å². The first-order valence-corrected chi connectivity index (χ1v) is 12.9. The smallest absolute Gasteiger partial charge is 0.420 e. The van der Waals surface area contributed by atoms with Gasteiger partial charge in [0.2, 0.25) is 0 Å². The highest BCUT2D eigenvalue weighted by molar-refractivity contribution is 7.14. The zero-order valence-corrected chi connectivity index (χ0v) is 20.9. The van der Waals surface area contributed by atoms with Crippen molar-refractivity contribution < 1.29 is 22.3 Å². The molecule has 0 atom stereocenters. The number of unbranched alkanes of at least 4 members (excludes halogenated alkanes) is 5. The Bertz CT molecular complexity index is 1480. The predicted molar refractivity (Wildman–Crippen MR) is 138 cm³/mol. The van der Waals surface area contributed by atoms with E-state index < -0.39 is 23.1 Å². The lowest BCUT2D eigenvalue weighted by Crippen LogP contribution is -2.14. The molecule has 0 bridgehead atoms. The molecule has 2 aromatic carbocycles. The number of halogens is 3. The van der Waals surface area contributed by atoms with Crippen molar-refractivity contribution in [1.29, 1.82) is 0 Å². The Hall–Kier alpha value is -3.60. The summed E-state index contributed by atoms with van der Waals surface area (Å²) in [5.74, 6) is -1.04. The second-order valence-corrected chi connectivity index (χ2v) is 9.41. The first-order valence-electron chi connectivity index (χ1n) is 12.0. The zero-order chi connectivity index (χ0) is 26.4. The van der Waals surface area contributed by atoms with Crippen LogP contribution in [-0.4, -0.2) is 16.6 Å². The molecule has 0 aliphatic carbocycles. The molecule has 37 heavy (non-hydrogen) atoms. The number of rotatable bonds is 11. The summed E-state index contributed by atoms with van der Waals surface area (Å²) in [5.41, 5.74) is 0.0256. The maximum absolute atomic E-state index is 13.7. The third kappa shape index (κ3) is 6.79. The molecular formula is C26H26F3N3O4S. The van der Waals surface area contributed by atoms with Crippen molar-refractivity contribution >= 4 is 33.1 Å². The van der Waals surface area contributed by atoms with Crippen molar-refractivity contribution in [3.63, 3.8) is 0 Å². The van der Waals surface area contributed by atoms with Gasteiger partial charge in [-0.3, -0.25) is 4.98 Å². The van der Waals surface area contributed by atoms with Gasteiger partial charge in [-0.15, -0.1) is 11.3 Å². The van der Waals surface area contributed by atoms with Crippen LogP contribution in [0.2, 0.25) is 0 Å². The summed E-state index contributed by atoms with van der Waals surface area (Å²) >= 11 is 1.20. The fourth-order valence-corrected chi connectivity index (χ4v) is 4.60. The van der Waals surface area contributed by atoms with E-state index in [9.17, 15) is 22.8 Å². The Morgan fingerprint density at radius 3 is 2.62 bits per heavy atom. The molecule has 0 aliphatic heterocycles. The van der Waals surface area contributed by atoms with E-state index in [4.69, 9.17) is 4.74 Å². The van der Waals surface area contributed by atoms with E-state index in [1.54, 1.807) is 17.5 Å². The van der Waals surface area contributed by atoms with Crippen LogP contribution in [0.5, 0.6) is 5.75 Å². The minimum absolute atomic E-state index is 0.186. The summed E-state index contributed by atoms with van der Waals surface area (Å²) < 4.78 is 51.2. The fraction of sp³-hybridized carbons (Fsp3) is 0.346. The second-order valence-electron chi connectivity index (χ2n) is 8.55. The number of nitrogens with zero attached hydrogens (tertiary/aromatic N) is 1. The normalized spacial score (nSPS) is 11.7. The van der Waals surface area contributed by atoms with Crippen LogP contribution in [0.15, 0.2) is 55.8 Å². The molecule has 0 radical (unpaired) electrons. The average molecular weight is 534 g/mol. The Morgan fingerprint density at radius 2 is 1.84 bits per heavy atom. The number of benzene rings is 2. The van der Waals surface area contributed by atoms with Crippen LogP contribution in [0, 0.1) is 0 Å². The summed E-state index contributed by atoms with van der Waals surface area (Å²) in [6.45, 7) is 2.36. The Labute approximate surface area is 214 Å². The van der Waals surface area contributed by atoms with Gasteiger partial charge in [0.05, 0.1) is 28.8 Å². The molecule has 0 fully saturated rings. The van der Waals surface area contributed by atoms with Crippen molar-refractivity contribution in [3.8, 4) is 17.0 Å². The molecule has 11 heteroatoms. The van der Waals surface area contributed by atoms with Gasteiger partial charge in [0.15, 0.2) is 5.13 Å². The minimum Gasteiger partial charge on any atom is -0.493 e. The minimum atomic E-state index is -4.57. The van der Waals surface area contributed by atoms with Crippen molar-refractivity contribution in [2.24, 2.45) is 0 Å². The molecule has 0 unspecified atom stereocenters. The molecule has 0 spiro atoms. The van der Waals surface area contributed by atoms with Gasteiger partial charge in [-0.05, 0) is 36.8 Å². The monoisotopic (exact) mass is 533 g/mol. The van der Waals surface area contributed by atoms with Crippen molar-refractivity contribution in [1.82, 2.24) is 9.97 Å². The largest absolute Gasteiger partial charge is 0.493 e. The lowest BCUT2D eigenvalue weighted by molar-refractivity contribution is -0.138. The molecule has 2 aromatic heterocycles. The molecule has 0 aliphatic rings. The molecule has 196 valence electrons. The first-order chi connectivity index (χ1) is 17.7. The number of aromatic nitrogens is 2. The lowest BCUT2D eigenvalue weighted by atomic mass is 10.1. The van der Waals surface area contributed by atoms with Crippen molar-refractivity contribution in [3.05, 3.63) is 68.3 Å². The van der Waals surface area contributed by atoms with Gasteiger partial charge < -0.3 is 14.5 Å². The summed E-state index contributed by atoms with van der Waals surface area (Å²) in [7, 11) is 0. The van der Waals surface area contributed by atoms with Crippen LogP contribution in [0.3, 0.4) is 0 Å². The average Bonchev–Trinajstić information content (AvgIpc) is 3.31. The van der Waals surface area contributed by atoms with Gasteiger partial charge in [-0.1, -0.05) is 45.1 Å². The molecule has 0 saturated heterocycles. The predicted octanol–water partition coefficient (Wildman–Crippen LogP) is 7.11. The third-order valence-electron chi connectivity index (χ3n) is 5.75. The Morgan fingerprint density at radius 1 is 1.05 bits per heavy atom. The van der Waals surface area contributed by atoms with E-state index in [1.807, 2.05) is 0 Å². The zero-order valence-electron chi connectivity index (χ0n) is 20.1. The number of aromatic amines is 1. The lowest BCUT2D eigenvalue weighted by Gasteiger charge is -2.15. The number of nitrogens with one attached hydrogen (secondary N) is 2. The van der Waals surface area contributed by atoms with Crippen LogP contribution in [-0.2, 0) is 6.18 Å². The van der Waals surface area contributed by atoms with Gasteiger partial charge >= 0.3 is 17.6 Å². The summed E-state index contributed by atoms with van der Waals surface area (Å²) in [4.78, 5) is 30.2. The molecule has 7 nitrogen and oxygen atoms in total. The van der Waals surface area contributed by atoms with E-state index in [-0.39, 0.29) is 23.4 Å².